The second kappa shape index (κ2) is 16.1. The summed E-state index contributed by atoms with van der Waals surface area (Å²) in [5.41, 5.74) is 14.7. The molecule has 10 rings (SSSR count). The van der Waals surface area contributed by atoms with E-state index in [0.29, 0.717) is 17.5 Å². The maximum atomic E-state index is 5.25. The molecule has 3 nitrogen and oxygen atoms in total. The lowest BCUT2D eigenvalue weighted by atomic mass is 9.82. The van der Waals surface area contributed by atoms with Gasteiger partial charge < -0.3 is 0 Å². The average molecular weight is 794 g/mol. The van der Waals surface area contributed by atoms with Gasteiger partial charge >= 0.3 is 0 Å². The highest BCUT2D eigenvalue weighted by molar-refractivity contribution is 7.26. The van der Waals surface area contributed by atoms with Crippen molar-refractivity contribution in [1.29, 1.82) is 0 Å². The molecular weight excluding hydrogens is 747 g/mol. The molecule has 292 valence electrons. The molecule has 2 aromatic heterocycles. The number of benzene rings is 7. The Bertz CT molecular complexity index is 3060. The molecule has 1 aliphatic carbocycles. The predicted octanol–water partition coefficient (Wildman–Crippen LogP) is 15.9. The molecule has 2 heterocycles. The fraction of sp³-hybridized carbons (Fsp3) is 0.125. The van der Waals surface area contributed by atoms with Crippen LogP contribution in [0.15, 0.2) is 176 Å². The van der Waals surface area contributed by atoms with Crippen LogP contribution in [0.2, 0.25) is 0 Å². The first-order chi connectivity index (χ1) is 29.3. The maximum absolute atomic E-state index is 5.25. The molecule has 7 aromatic carbocycles. The minimum atomic E-state index is -0.137. The quantitative estimate of drug-likeness (QED) is 0.151. The van der Waals surface area contributed by atoms with Crippen molar-refractivity contribution in [2.75, 3.05) is 0 Å². The first-order valence-electron chi connectivity index (χ1n) is 20.8. The number of thiophene rings is 1. The van der Waals surface area contributed by atoms with Crippen molar-refractivity contribution < 1.29 is 0 Å². The first kappa shape index (κ1) is 38.8. The Balaban J connectivity index is 0.00000150. The van der Waals surface area contributed by atoms with E-state index in [0.717, 1.165) is 39.0 Å². The standard InChI is InChI=1S/C53H39N3S.C3H8/c1-5-33(6-2)34-21-23-35(24-22-34)36-25-29-38(30-26-36)50-54-51(56-52(55-50)44-17-12-19-46-48(44)43-14-7-9-18-45(43)53(46,3)4)39-31-27-37(28-32-39)40-15-11-16-42-41-13-8-10-20-47(41)57-49(40)42;1-3-2/h5-32H,1H2,2-4H3;3H2,1-2H3/b33-6+;. The topological polar surface area (TPSA) is 38.7 Å². The van der Waals surface area contributed by atoms with E-state index in [4.69, 9.17) is 15.0 Å². The number of fused-ring (bicyclic) bond motifs is 6. The van der Waals surface area contributed by atoms with Gasteiger partial charge in [-0.1, -0.05) is 205 Å². The van der Waals surface area contributed by atoms with Crippen LogP contribution in [0.4, 0.5) is 0 Å². The third-order valence-corrected chi connectivity index (χ3v) is 12.8. The molecule has 4 heteroatoms. The van der Waals surface area contributed by atoms with Crippen LogP contribution in [0.25, 0.3) is 93.3 Å². The molecule has 0 aliphatic heterocycles. The minimum absolute atomic E-state index is 0.137. The summed E-state index contributed by atoms with van der Waals surface area (Å²) < 4.78 is 2.61. The first-order valence-corrected chi connectivity index (χ1v) is 21.7. The normalized spacial score (nSPS) is 12.8. The highest BCUT2D eigenvalue weighted by Crippen LogP contribution is 2.51. The maximum Gasteiger partial charge on any atom is 0.164 e. The molecule has 0 radical (unpaired) electrons. The van der Waals surface area contributed by atoms with Crippen LogP contribution in [0.1, 0.15) is 57.7 Å². The predicted molar refractivity (Wildman–Crippen MR) is 257 cm³/mol. The molecule has 60 heavy (non-hydrogen) atoms. The van der Waals surface area contributed by atoms with Gasteiger partial charge in [0.2, 0.25) is 0 Å². The van der Waals surface area contributed by atoms with Gasteiger partial charge in [0.1, 0.15) is 0 Å². The van der Waals surface area contributed by atoms with Gasteiger partial charge in [0.05, 0.1) is 0 Å². The Morgan fingerprint density at radius 2 is 1.03 bits per heavy atom. The number of aromatic nitrogens is 3. The lowest BCUT2D eigenvalue weighted by Crippen LogP contribution is -2.14. The van der Waals surface area contributed by atoms with Gasteiger partial charge in [-0.2, -0.15) is 0 Å². The molecule has 0 spiro atoms. The van der Waals surface area contributed by atoms with Crippen LogP contribution in [-0.4, -0.2) is 15.0 Å². The number of hydrogen-bond donors (Lipinski definition) is 0. The minimum Gasteiger partial charge on any atom is -0.208 e. The summed E-state index contributed by atoms with van der Waals surface area (Å²) in [6, 6.07) is 56.4. The summed E-state index contributed by atoms with van der Waals surface area (Å²) in [4.78, 5) is 15.6. The Morgan fingerprint density at radius 1 is 0.533 bits per heavy atom. The zero-order valence-electron chi connectivity index (χ0n) is 34.8. The van der Waals surface area contributed by atoms with Gasteiger partial charge in [-0.05, 0) is 68.6 Å². The van der Waals surface area contributed by atoms with Gasteiger partial charge in [-0.25, -0.2) is 15.0 Å². The fourth-order valence-corrected chi connectivity index (χ4v) is 9.78. The van der Waals surface area contributed by atoms with Crippen molar-refractivity contribution in [3.8, 4) is 67.5 Å². The van der Waals surface area contributed by atoms with Crippen molar-refractivity contribution in [3.63, 3.8) is 0 Å². The van der Waals surface area contributed by atoms with E-state index in [1.807, 2.05) is 24.3 Å². The molecular formula is C56H47N3S. The van der Waals surface area contributed by atoms with Crippen molar-refractivity contribution in [2.45, 2.75) is 46.5 Å². The van der Waals surface area contributed by atoms with Crippen LogP contribution in [-0.2, 0) is 5.41 Å². The molecule has 9 aromatic rings. The largest absolute Gasteiger partial charge is 0.208 e. The Kier molecular flexibility index (Phi) is 10.4. The van der Waals surface area contributed by atoms with Crippen LogP contribution < -0.4 is 0 Å². The zero-order valence-corrected chi connectivity index (χ0v) is 35.6. The SMILES string of the molecule is C=C/C(=C\C)c1ccc(-c2ccc(-c3nc(-c4ccc(-c5cccc6c5sc5ccccc56)cc4)nc(-c4cccc5c4-c4ccccc4C5(C)C)n3)cc2)cc1.CCC. The number of hydrogen-bond acceptors (Lipinski definition) is 4. The third kappa shape index (κ3) is 6.87. The molecule has 0 N–H and O–H groups in total. The summed E-state index contributed by atoms with van der Waals surface area (Å²) in [6.07, 6.45) is 5.23. The lowest BCUT2D eigenvalue weighted by Gasteiger charge is -2.21. The fourth-order valence-electron chi connectivity index (χ4n) is 8.54. The van der Waals surface area contributed by atoms with Crippen LogP contribution in [0.5, 0.6) is 0 Å². The number of allylic oxidation sites excluding steroid dienone is 3. The number of rotatable bonds is 7. The second-order valence-electron chi connectivity index (χ2n) is 15.9. The van der Waals surface area contributed by atoms with Crippen molar-refractivity contribution >= 4 is 37.1 Å². The van der Waals surface area contributed by atoms with Crippen LogP contribution >= 0.6 is 11.3 Å². The molecule has 0 saturated heterocycles. The molecule has 0 amide bonds. The van der Waals surface area contributed by atoms with Crippen molar-refractivity contribution in [1.82, 2.24) is 15.0 Å². The molecule has 0 fully saturated rings. The second-order valence-corrected chi connectivity index (χ2v) is 16.9. The van der Waals surface area contributed by atoms with E-state index in [-0.39, 0.29) is 5.41 Å². The Morgan fingerprint density at radius 3 is 1.70 bits per heavy atom. The van der Waals surface area contributed by atoms with E-state index in [2.05, 4.69) is 198 Å². The lowest BCUT2D eigenvalue weighted by molar-refractivity contribution is 0.660. The Labute approximate surface area is 357 Å². The van der Waals surface area contributed by atoms with E-state index in [1.54, 1.807) is 0 Å². The average Bonchev–Trinajstić information content (AvgIpc) is 3.79. The van der Waals surface area contributed by atoms with E-state index in [9.17, 15) is 0 Å². The van der Waals surface area contributed by atoms with Crippen molar-refractivity contribution in [2.24, 2.45) is 0 Å². The van der Waals surface area contributed by atoms with Gasteiger partial charge in [0.25, 0.3) is 0 Å². The summed E-state index contributed by atoms with van der Waals surface area (Å²) in [5.74, 6) is 1.95. The highest BCUT2D eigenvalue weighted by atomic mass is 32.1. The smallest absolute Gasteiger partial charge is 0.164 e. The van der Waals surface area contributed by atoms with E-state index < -0.39 is 0 Å². The van der Waals surface area contributed by atoms with Gasteiger partial charge in [-0.15, -0.1) is 11.3 Å². The zero-order chi connectivity index (χ0) is 41.4. The third-order valence-electron chi connectivity index (χ3n) is 11.6. The van der Waals surface area contributed by atoms with Gasteiger partial charge in [0, 0.05) is 42.3 Å². The molecule has 0 saturated carbocycles. The van der Waals surface area contributed by atoms with Gasteiger partial charge in [-0.3, -0.25) is 0 Å². The number of nitrogens with zero attached hydrogens (tertiary/aromatic N) is 3. The molecule has 0 unspecified atom stereocenters. The summed E-state index contributed by atoms with van der Waals surface area (Å²) in [6.45, 7) is 14.9. The van der Waals surface area contributed by atoms with Crippen LogP contribution in [0, 0.1) is 0 Å². The van der Waals surface area contributed by atoms with E-state index in [1.165, 1.54) is 60.0 Å². The van der Waals surface area contributed by atoms with Crippen molar-refractivity contribution in [3.05, 3.63) is 193 Å². The Hall–Kier alpha value is -6.75. The summed E-state index contributed by atoms with van der Waals surface area (Å²) >= 11 is 1.85. The molecule has 0 atom stereocenters. The highest BCUT2D eigenvalue weighted by Gasteiger charge is 2.37. The monoisotopic (exact) mass is 793 g/mol. The molecule has 0 bridgehead atoms. The van der Waals surface area contributed by atoms with Crippen LogP contribution in [0.3, 0.4) is 0 Å². The summed E-state index contributed by atoms with van der Waals surface area (Å²) in [7, 11) is 0. The van der Waals surface area contributed by atoms with E-state index >= 15 is 0 Å². The van der Waals surface area contributed by atoms with Gasteiger partial charge in [0.15, 0.2) is 17.5 Å². The summed E-state index contributed by atoms with van der Waals surface area (Å²) in [5, 5.41) is 2.60. The molecule has 1 aliphatic rings.